The van der Waals surface area contributed by atoms with Gasteiger partial charge in [-0.3, -0.25) is 0 Å². The van der Waals surface area contributed by atoms with Gasteiger partial charge in [-0.05, 0) is 65.2 Å². The summed E-state index contributed by atoms with van der Waals surface area (Å²) >= 11 is 0. The van der Waals surface area contributed by atoms with E-state index in [9.17, 15) is 4.79 Å². The van der Waals surface area contributed by atoms with Crippen LogP contribution in [0.2, 0.25) is 0 Å². The van der Waals surface area contributed by atoms with Crippen molar-refractivity contribution < 1.29 is 9.53 Å². The van der Waals surface area contributed by atoms with Gasteiger partial charge in [0.15, 0.2) is 0 Å². The minimum Gasteiger partial charge on any atom is -0.463 e. The first kappa shape index (κ1) is 24.9. The first-order valence-electron chi connectivity index (χ1n) is 10.3. The van der Waals surface area contributed by atoms with Crippen LogP contribution in [0.3, 0.4) is 0 Å². The van der Waals surface area contributed by atoms with Gasteiger partial charge in [0.2, 0.25) is 0 Å². The van der Waals surface area contributed by atoms with Gasteiger partial charge in [-0.1, -0.05) is 73.3 Å². The first-order valence-corrected chi connectivity index (χ1v) is 10.3. The first-order chi connectivity index (χ1) is 13.2. The van der Waals surface area contributed by atoms with Gasteiger partial charge >= 0.3 is 5.97 Å². The van der Waals surface area contributed by atoms with Crippen molar-refractivity contribution in [3.63, 3.8) is 0 Å². The van der Waals surface area contributed by atoms with Crippen LogP contribution in [-0.4, -0.2) is 12.6 Å². The van der Waals surface area contributed by atoms with Crippen LogP contribution in [0.15, 0.2) is 72.4 Å². The standard InChI is InChI=1S/C25H38O2/c1-4-6-7-8-9-10-11-12-13-14-15-16-17-18-19-20-21-22-24(3)23-25(26)27-5-2/h6-7,9-10,12-13,15-16,18-19,23H,4-5,8,11,14,17,20-22H2,1-3H3. The lowest BCUT2D eigenvalue weighted by Crippen LogP contribution is -2.00. The quantitative estimate of drug-likeness (QED) is 0.130. The number of carbonyl (C=O) groups is 1. The third-order valence-electron chi connectivity index (χ3n) is 3.75. The summed E-state index contributed by atoms with van der Waals surface area (Å²) in [4.78, 5) is 11.3. The maximum Gasteiger partial charge on any atom is 0.330 e. The molecule has 0 atom stereocenters. The second-order valence-corrected chi connectivity index (χ2v) is 6.34. The fraction of sp³-hybridized carbons (Fsp3) is 0.480. The molecule has 0 N–H and O–H groups in total. The van der Waals surface area contributed by atoms with Crippen molar-refractivity contribution in [3.05, 3.63) is 72.4 Å². The number of rotatable bonds is 15. The molecule has 0 aliphatic heterocycles. The van der Waals surface area contributed by atoms with Crippen molar-refractivity contribution >= 4 is 5.97 Å². The number of hydrogen-bond acceptors (Lipinski definition) is 2. The molecule has 0 aromatic rings. The van der Waals surface area contributed by atoms with E-state index < -0.39 is 0 Å². The lowest BCUT2D eigenvalue weighted by Gasteiger charge is -2.00. The molecule has 0 aliphatic rings. The molecular formula is C25H38O2. The maximum absolute atomic E-state index is 11.3. The highest BCUT2D eigenvalue weighted by atomic mass is 16.5. The minimum absolute atomic E-state index is 0.232. The lowest BCUT2D eigenvalue weighted by atomic mass is 10.1. The van der Waals surface area contributed by atoms with Gasteiger partial charge in [-0.15, -0.1) is 0 Å². The molecule has 0 radical (unpaired) electrons. The van der Waals surface area contributed by atoms with Crippen LogP contribution in [0, 0.1) is 0 Å². The molecule has 0 aromatic heterocycles. The molecule has 27 heavy (non-hydrogen) atoms. The summed E-state index contributed by atoms with van der Waals surface area (Å²) in [6.07, 6.45) is 31.9. The summed E-state index contributed by atoms with van der Waals surface area (Å²) in [5.41, 5.74) is 1.08. The molecule has 150 valence electrons. The Bertz CT molecular complexity index is 531. The Morgan fingerprint density at radius 1 is 0.741 bits per heavy atom. The zero-order valence-corrected chi connectivity index (χ0v) is 17.5. The molecule has 0 saturated carbocycles. The summed E-state index contributed by atoms with van der Waals surface area (Å²) in [6, 6.07) is 0. The Morgan fingerprint density at radius 3 is 1.70 bits per heavy atom. The van der Waals surface area contributed by atoms with E-state index in [-0.39, 0.29) is 5.97 Å². The van der Waals surface area contributed by atoms with Gasteiger partial charge < -0.3 is 4.74 Å². The van der Waals surface area contributed by atoms with Crippen LogP contribution in [-0.2, 0) is 9.53 Å². The van der Waals surface area contributed by atoms with Crippen molar-refractivity contribution in [1.29, 1.82) is 0 Å². The predicted octanol–water partition coefficient (Wildman–Crippen LogP) is 7.42. The van der Waals surface area contributed by atoms with Crippen LogP contribution in [0.4, 0.5) is 0 Å². The molecule has 0 rings (SSSR count). The molecule has 2 nitrogen and oxygen atoms in total. The van der Waals surface area contributed by atoms with Crippen LogP contribution in [0.25, 0.3) is 0 Å². The topological polar surface area (TPSA) is 26.3 Å². The number of carbonyl (C=O) groups excluding carboxylic acids is 1. The second-order valence-electron chi connectivity index (χ2n) is 6.34. The molecule has 0 amide bonds. The smallest absolute Gasteiger partial charge is 0.330 e. The van der Waals surface area contributed by atoms with E-state index in [1.54, 1.807) is 6.08 Å². The monoisotopic (exact) mass is 370 g/mol. The molecule has 0 aliphatic carbocycles. The zero-order chi connectivity index (χ0) is 20.0. The molecule has 0 heterocycles. The number of allylic oxidation sites excluding steroid dienone is 11. The fourth-order valence-corrected chi connectivity index (χ4v) is 2.32. The van der Waals surface area contributed by atoms with Crippen LogP contribution in [0.1, 0.15) is 72.1 Å². The molecule has 0 fully saturated rings. The van der Waals surface area contributed by atoms with E-state index in [0.29, 0.717) is 6.61 Å². The second kappa shape index (κ2) is 20.2. The highest BCUT2D eigenvalue weighted by Gasteiger charge is 1.97. The number of hydrogen-bond donors (Lipinski definition) is 0. The molecule has 0 bridgehead atoms. The molecule has 2 heteroatoms. The van der Waals surface area contributed by atoms with Gasteiger partial charge in [0.25, 0.3) is 0 Å². The van der Waals surface area contributed by atoms with Gasteiger partial charge in [0.05, 0.1) is 6.61 Å². The summed E-state index contributed by atoms with van der Waals surface area (Å²) in [7, 11) is 0. The molecule has 0 spiro atoms. The number of esters is 1. The van der Waals surface area contributed by atoms with Gasteiger partial charge in [0.1, 0.15) is 0 Å². The molecule has 0 aromatic carbocycles. The highest BCUT2D eigenvalue weighted by molar-refractivity contribution is 5.82. The normalized spacial score (nSPS) is 13.2. The van der Waals surface area contributed by atoms with Crippen molar-refractivity contribution in [2.24, 2.45) is 0 Å². The van der Waals surface area contributed by atoms with E-state index in [1.807, 2.05) is 13.8 Å². The predicted molar refractivity (Wildman–Crippen MR) is 119 cm³/mol. The van der Waals surface area contributed by atoms with E-state index >= 15 is 0 Å². The number of ether oxygens (including phenoxy) is 1. The van der Waals surface area contributed by atoms with Crippen molar-refractivity contribution in [2.45, 2.75) is 72.1 Å². The van der Waals surface area contributed by atoms with E-state index in [0.717, 1.165) is 56.9 Å². The number of unbranched alkanes of at least 4 members (excludes halogenated alkanes) is 1. The molecular weight excluding hydrogens is 332 g/mol. The summed E-state index contributed by atoms with van der Waals surface area (Å²) < 4.78 is 4.90. The Kier molecular flexibility index (Phi) is 18.7. The van der Waals surface area contributed by atoms with Crippen molar-refractivity contribution in [2.75, 3.05) is 6.61 Å². The van der Waals surface area contributed by atoms with E-state index in [4.69, 9.17) is 4.74 Å². The third kappa shape index (κ3) is 20.1. The van der Waals surface area contributed by atoms with E-state index in [1.165, 1.54) is 0 Å². The van der Waals surface area contributed by atoms with Gasteiger partial charge in [-0.2, -0.15) is 0 Å². The summed E-state index contributed by atoms with van der Waals surface area (Å²) in [6.45, 7) is 6.39. The average molecular weight is 371 g/mol. The maximum atomic E-state index is 11.3. The lowest BCUT2D eigenvalue weighted by molar-refractivity contribution is -0.137. The Labute approximate surface area is 167 Å². The van der Waals surface area contributed by atoms with Gasteiger partial charge in [-0.25, -0.2) is 4.79 Å². The summed E-state index contributed by atoms with van der Waals surface area (Å²) in [5.74, 6) is -0.232. The Balaban J connectivity index is 3.64. The van der Waals surface area contributed by atoms with Crippen molar-refractivity contribution in [3.8, 4) is 0 Å². The molecule has 0 unspecified atom stereocenters. The van der Waals surface area contributed by atoms with Crippen LogP contribution >= 0.6 is 0 Å². The molecule has 0 saturated heterocycles. The zero-order valence-electron chi connectivity index (χ0n) is 17.5. The van der Waals surface area contributed by atoms with E-state index in [2.05, 4.69) is 67.7 Å². The van der Waals surface area contributed by atoms with Crippen molar-refractivity contribution in [1.82, 2.24) is 0 Å². The van der Waals surface area contributed by atoms with Gasteiger partial charge in [0, 0.05) is 6.08 Å². The Hall–Kier alpha value is -2.09. The fourth-order valence-electron chi connectivity index (χ4n) is 2.32. The Morgan fingerprint density at radius 2 is 1.22 bits per heavy atom. The van der Waals surface area contributed by atoms with Crippen LogP contribution < -0.4 is 0 Å². The minimum atomic E-state index is -0.232. The SMILES string of the molecule is CCC=CCC=CCC=CCC=CCC=CCCCC(C)=CC(=O)OCC. The summed E-state index contributed by atoms with van der Waals surface area (Å²) in [5, 5.41) is 0. The average Bonchev–Trinajstić information content (AvgIpc) is 2.64. The largest absolute Gasteiger partial charge is 0.463 e. The third-order valence-corrected chi connectivity index (χ3v) is 3.75. The van der Waals surface area contributed by atoms with Crippen LogP contribution in [0.5, 0.6) is 0 Å². The highest BCUT2D eigenvalue weighted by Crippen LogP contribution is 2.07.